The Balaban J connectivity index is 0.00000225. The molecule has 5 nitrogen and oxygen atoms in total. The molecule has 86 valence electrons. The minimum atomic E-state index is -3.98. The molecule has 0 saturated heterocycles. The summed E-state index contributed by atoms with van der Waals surface area (Å²) in [6.07, 6.45) is 0.139. The number of anilines is 1. The third-order valence-electron chi connectivity index (χ3n) is 2.03. The number of hydrogen-bond acceptors (Lipinski definition) is 4. The summed E-state index contributed by atoms with van der Waals surface area (Å²) in [6.45, 7) is -0.179. The first-order valence-electron chi connectivity index (χ1n) is 4.35. The summed E-state index contributed by atoms with van der Waals surface area (Å²) in [5.74, 6) is -0.372. The second-order valence-electron chi connectivity index (χ2n) is 3.22. The molecule has 0 aromatic heterocycles. The van der Waals surface area contributed by atoms with Crippen molar-refractivity contribution >= 4 is 45.4 Å². The normalized spacial score (nSPS) is 10.9. The van der Waals surface area contributed by atoms with Crippen molar-refractivity contribution in [1.82, 2.24) is 0 Å². The number of aliphatic hydroxyl groups is 1. The molecule has 0 radical (unpaired) electrons. The zero-order chi connectivity index (χ0) is 11.5. The fraction of sp³-hybridized carbons (Fsp3) is 0.333. The SMILES string of the molecule is Nc1ccc(CO)c(CCS(=O)(=O)O)c1.[NaH]. The van der Waals surface area contributed by atoms with Crippen LogP contribution in [0.1, 0.15) is 11.1 Å². The van der Waals surface area contributed by atoms with E-state index >= 15 is 0 Å². The van der Waals surface area contributed by atoms with Crippen LogP contribution in [0.25, 0.3) is 0 Å². The Kier molecular flexibility index (Phi) is 6.54. The van der Waals surface area contributed by atoms with Crippen molar-refractivity contribution in [3.63, 3.8) is 0 Å². The van der Waals surface area contributed by atoms with Gasteiger partial charge in [-0.25, -0.2) is 0 Å². The van der Waals surface area contributed by atoms with Gasteiger partial charge in [-0.05, 0) is 29.7 Å². The van der Waals surface area contributed by atoms with Crippen molar-refractivity contribution < 1.29 is 18.1 Å². The Labute approximate surface area is 117 Å². The quantitative estimate of drug-likeness (QED) is 0.384. The van der Waals surface area contributed by atoms with Crippen LogP contribution < -0.4 is 5.73 Å². The van der Waals surface area contributed by atoms with Crippen LogP contribution in [0.15, 0.2) is 18.2 Å². The van der Waals surface area contributed by atoms with Gasteiger partial charge in [-0.1, -0.05) is 6.07 Å². The average molecular weight is 255 g/mol. The first kappa shape index (κ1) is 15.9. The van der Waals surface area contributed by atoms with Crippen LogP contribution in [0, 0.1) is 0 Å². The van der Waals surface area contributed by atoms with Crippen molar-refractivity contribution in [1.29, 1.82) is 0 Å². The monoisotopic (exact) mass is 255 g/mol. The summed E-state index contributed by atoms with van der Waals surface area (Å²) < 4.78 is 29.7. The van der Waals surface area contributed by atoms with Crippen LogP contribution in [0.2, 0.25) is 0 Å². The van der Waals surface area contributed by atoms with Gasteiger partial charge in [0.1, 0.15) is 0 Å². The Morgan fingerprint density at radius 1 is 1.25 bits per heavy atom. The maximum atomic E-state index is 10.6. The van der Waals surface area contributed by atoms with E-state index in [1.54, 1.807) is 18.2 Å². The third-order valence-corrected chi connectivity index (χ3v) is 2.75. The van der Waals surface area contributed by atoms with Gasteiger partial charge in [0.25, 0.3) is 10.1 Å². The van der Waals surface area contributed by atoms with Gasteiger partial charge in [0, 0.05) is 5.69 Å². The van der Waals surface area contributed by atoms with E-state index in [1.807, 2.05) is 0 Å². The van der Waals surface area contributed by atoms with Gasteiger partial charge in [0.15, 0.2) is 0 Å². The molecule has 0 aliphatic heterocycles. The van der Waals surface area contributed by atoms with E-state index in [-0.39, 0.29) is 48.3 Å². The van der Waals surface area contributed by atoms with Crippen molar-refractivity contribution in [3.8, 4) is 0 Å². The average Bonchev–Trinajstić information content (AvgIpc) is 2.14. The van der Waals surface area contributed by atoms with Crippen LogP contribution in [0.4, 0.5) is 5.69 Å². The summed E-state index contributed by atoms with van der Waals surface area (Å²) in [5.41, 5.74) is 7.28. The van der Waals surface area contributed by atoms with Crippen LogP contribution >= 0.6 is 0 Å². The third kappa shape index (κ3) is 5.29. The molecule has 1 aromatic rings. The Morgan fingerprint density at radius 3 is 2.38 bits per heavy atom. The van der Waals surface area contributed by atoms with E-state index in [0.29, 0.717) is 16.8 Å². The topological polar surface area (TPSA) is 101 Å². The molecule has 1 aromatic carbocycles. The number of nitrogen functional groups attached to an aromatic ring is 1. The van der Waals surface area contributed by atoms with E-state index in [0.717, 1.165) is 0 Å². The fourth-order valence-corrected chi connectivity index (χ4v) is 1.75. The fourth-order valence-electron chi connectivity index (χ4n) is 1.27. The van der Waals surface area contributed by atoms with Gasteiger partial charge in [-0.3, -0.25) is 4.55 Å². The molecule has 4 N–H and O–H groups in total. The van der Waals surface area contributed by atoms with Crippen molar-refractivity contribution in [2.75, 3.05) is 11.5 Å². The summed E-state index contributed by atoms with van der Waals surface area (Å²) in [4.78, 5) is 0. The zero-order valence-electron chi connectivity index (χ0n) is 8.05. The van der Waals surface area contributed by atoms with E-state index in [4.69, 9.17) is 15.4 Å². The van der Waals surface area contributed by atoms with Crippen molar-refractivity contribution in [2.24, 2.45) is 0 Å². The van der Waals surface area contributed by atoms with Gasteiger partial charge in [0.2, 0.25) is 0 Å². The molecule has 0 unspecified atom stereocenters. The van der Waals surface area contributed by atoms with E-state index in [1.165, 1.54) is 0 Å². The molecule has 0 aliphatic carbocycles. The van der Waals surface area contributed by atoms with Gasteiger partial charge >= 0.3 is 29.6 Å². The molecule has 0 fully saturated rings. The molecule has 1 rings (SSSR count). The molecule has 0 amide bonds. The molecular weight excluding hydrogens is 241 g/mol. The first-order chi connectivity index (χ1) is 6.92. The van der Waals surface area contributed by atoms with Crippen molar-refractivity contribution in [3.05, 3.63) is 29.3 Å². The number of nitrogens with two attached hydrogens (primary N) is 1. The van der Waals surface area contributed by atoms with Crippen LogP contribution in [0.5, 0.6) is 0 Å². The first-order valence-corrected chi connectivity index (χ1v) is 5.96. The molecule has 0 heterocycles. The van der Waals surface area contributed by atoms with Gasteiger partial charge < -0.3 is 10.8 Å². The predicted molar refractivity (Wildman–Crippen MR) is 64.0 cm³/mol. The molecule has 16 heavy (non-hydrogen) atoms. The zero-order valence-corrected chi connectivity index (χ0v) is 8.87. The van der Waals surface area contributed by atoms with Crippen LogP contribution in [-0.4, -0.2) is 53.4 Å². The summed E-state index contributed by atoms with van der Waals surface area (Å²) in [5, 5.41) is 8.99. The minimum absolute atomic E-state index is 0. The van der Waals surface area contributed by atoms with Gasteiger partial charge in [-0.2, -0.15) is 8.42 Å². The van der Waals surface area contributed by atoms with Gasteiger partial charge in [0.05, 0.1) is 12.4 Å². The second kappa shape index (κ2) is 6.58. The van der Waals surface area contributed by atoms with E-state index in [2.05, 4.69) is 0 Å². The molecule has 0 aliphatic rings. The summed E-state index contributed by atoms with van der Waals surface area (Å²) in [7, 11) is -3.98. The van der Waals surface area contributed by atoms with Crippen molar-refractivity contribution in [2.45, 2.75) is 13.0 Å². The van der Waals surface area contributed by atoms with E-state index < -0.39 is 10.1 Å². The maximum absolute atomic E-state index is 10.6. The van der Waals surface area contributed by atoms with Gasteiger partial charge in [-0.15, -0.1) is 0 Å². The molecule has 0 spiro atoms. The number of aryl methyl sites for hydroxylation is 1. The summed E-state index contributed by atoms with van der Waals surface area (Å²) in [6, 6.07) is 4.86. The molecule has 0 bridgehead atoms. The van der Waals surface area contributed by atoms with Crippen LogP contribution in [-0.2, 0) is 23.1 Å². The molecule has 0 atom stereocenters. The second-order valence-corrected chi connectivity index (χ2v) is 4.79. The molecule has 7 heteroatoms. The Morgan fingerprint density at radius 2 is 1.88 bits per heavy atom. The van der Waals surface area contributed by atoms with Crippen LogP contribution in [0.3, 0.4) is 0 Å². The standard InChI is InChI=1S/C9H13NO4S.Na.H/c10-9-2-1-8(6-11)7(5-9)3-4-15(12,13)14;;/h1-2,5,11H,3-4,6,10H2,(H,12,13,14);;. The number of benzene rings is 1. The van der Waals surface area contributed by atoms with E-state index in [9.17, 15) is 8.42 Å². The molecule has 0 saturated carbocycles. The molecular formula is C9H14NNaO4S. The summed E-state index contributed by atoms with van der Waals surface area (Å²) >= 11 is 0. The number of aliphatic hydroxyl groups excluding tert-OH is 1. The number of rotatable bonds is 4. The predicted octanol–water partition coefficient (Wildman–Crippen LogP) is -0.457. The number of hydrogen-bond donors (Lipinski definition) is 3. The Hall–Kier alpha value is -0.110. The Bertz CT molecular complexity index is 447.